The van der Waals surface area contributed by atoms with E-state index in [2.05, 4.69) is 156 Å². The predicted molar refractivity (Wildman–Crippen MR) is 363 cm³/mol. The van der Waals surface area contributed by atoms with Gasteiger partial charge in [0.15, 0.2) is 0 Å². The molecule has 0 saturated carbocycles. The van der Waals surface area contributed by atoms with Gasteiger partial charge in [-0.3, -0.25) is 0 Å². The Morgan fingerprint density at radius 3 is 0.845 bits per heavy atom. The SMILES string of the molecule is COc1ccc2c(c1)c1c(OCCC(C)CCCC(C)C)cc3c4c(OCCC(C)CCCC(C)C)ccc5c6ccc(OC)cc6c6c(OCCC(C)CCCC(C)C)cc7c8c(OCCC(C)CCCC(C)C)ccc2c8c1c3c7c6c54. The summed E-state index contributed by atoms with van der Waals surface area (Å²) in [5.41, 5.74) is 0. The Balaban J connectivity index is 1.29. The maximum atomic E-state index is 7.43. The highest BCUT2D eigenvalue weighted by Crippen LogP contribution is 2.59. The lowest BCUT2D eigenvalue weighted by Crippen LogP contribution is -2.08. The van der Waals surface area contributed by atoms with E-state index in [1.807, 2.05) is 0 Å². The molecule has 84 heavy (non-hydrogen) atoms. The molecule has 10 aromatic rings. The molecule has 6 heteroatoms. The summed E-state index contributed by atoms with van der Waals surface area (Å²) in [4.78, 5) is 0. The van der Waals surface area contributed by atoms with Crippen LogP contribution in [-0.2, 0) is 0 Å². The first-order valence-electron chi connectivity index (χ1n) is 33.2. The quantitative estimate of drug-likeness (QED) is 0.0296. The van der Waals surface area contributed by atoms with E-state index in [1.165, 1.54) is 131 Å². The van der Waals surface area contributed by atoms with Crippen LogP contribution in [0.15, 0.2) is 72.8 Å². The predicted octanol–water partition coefficient (Wildman–Crippen LogP) is 23.3. The van der Waals surface area contributed by atoms with Crippen molar-refractivity contribution in [2.75, 3.05) is 40.6 Å². The molecule has 0 aromatic heterocycles. The zero-order chi connectivity index (χ0) is 59.3. The van der Waals surface area contributed by atoms with Crippen molar-refractivity contribution in [2.45, 2.75) is 186 Å². The summed E-state index contributed by atoms with van der Waals surface area (Å²) in [6.07, 6.45) is 18.8. The van der Waals surface area contributed by atoms with Gasteiger partial charge in [-0.1, -0.05) is 184 Å². The van der Waals surface area contributed by atoms with E-state index >= 15 is 0 Å². The molecule has 0 aliphatic heterocycles. The van der Waals surface area contributed by atoms with Crippen LogP contribution in [0.1, 0.15) is 186 Å². The number of fused-ring (bicyclic) bond motifs is 8. The molecule has 0 amide bonds. The fourth-order valence-corrected chi connectivity index (χ4v) is 14.1. The van der Waals surface area contributed by atoms with Crippen LogP contribution < -0.4 is 28.4 Å². The molecule has 10 aromatic carbocycles. The summed E-state index contributed by atoms with van der Waals surface area (Å²) >= 11 is 0. The van der Waals surface area contributed by atoms with Gasteiger partial charge < -0.3 is 28.4 Å². The Hall–Kier alpha value is -5.88. The maximum Gasteiger partial charge on any atom is 0.128 e. The largest absolute Gasteiger partial charge is 0.497 e. The van der Waals surface area contributed by atoms with Crippen molar-refractivity contribution in [3.8, 4) is 34.5 Å². The highest BCUT2D eigenvalue weighted by molar-refractivity contribution is 6.53. The minimum Gasteiger partial charge on any atom is -0.497 e. The molecule has 10 rings (SSSR count). The summed E-state index contributed by atoms with van der Waals surface area (Å²) < 4.78 is 41.7. The van der Waals surface area contributed by atoms with Crippen LogP contribution in [0.5, 0.6) is 34.5 Å². The molecule has 4 unspecified atom stereocenters. The average Bonchev–Trinajstić information content (AvgIpc) is 0.671. The molecule has 0 saturated heterocycles. The van der Waals surface area contributed by atoms with Crippen molar-refractivity contribution in [3.05, 3.63) is 72.8 Å². The molecule has 0 aliphatic rings. The van der Waals surface area contributed by atoms with E-state index in [-0.39, 0.29) is 0 Å². The Labute approximate surface area is 504 Å². The van der Waals surface area contributed by atoms with Crippen LogP contribution in [0.3, 0.4) is 0 Å². The molecule has 0 spiro atoms. The first-order chi connectivity index (χ1) is 40.6. The number of methoxy groups -OCH3 is 2. The third-order valence-electron chi connectivity index (χ3n) is 19.2. The van der Waals surface area contributed by atoms with Crippen molar-refractivity contribution in [3.63, 3.8) is 0 Å². The van der Waals surface area contributed by atoms with Crippen molar-refractivity contribution in [1.82, 2.24) is 0 Å². The van der Waals surface area contributed by atoms with Gasteiger partial charge in [0.25, 0.3) is 0 Å². The number of ether oxygens (including phenoxy) is 6. The number of hydrogen-bond acceptors (Lipinski definition) is 6. The third kappa shape index (κ3) is 13.0. The molecular weight excluding hydrogens is 1030 g/mol. The monoisotopic (exact) mass is 1130 g/mol. The zero-order valence-corrected chi connectivity index (χ0v) is 54.1. The summed E-state index contributed by atoms with van der Waals surface area (Å²) in [5.74, 6) is 10.3. The van der Waals surface area contributed by atoms with Crippen molar-refractivity contribution >= 4 is 97.0 Å². The number of rotatable bonds is 34. The Bertz CT molecular complexity index is 3520. The number of hydrogen-bond donors (Lipinski definition) is 0. The van der Waals surface area contributed by atoms with E-state index < -0.39 is 0 Å². The maximum absolute atomic E-state index is 7.43. The molecule has 0 bridgehead atoms. The van der Waals surface area contributed by atoms with Crippen LogP contribution in [-0.4, -0.2) is 40.6 Å². The number of benzene rings is 10. The first kappa shape index (κ1) is 61.2. The van der Waals surface area contributed by atoms with Crippen LogP contribution in [0, 0.1) is 47.3 Å². The van der Waals surface area contributed by atoms with Gasteiger partial charge in [-0.15, -0.1) is 0 Å². The lowest BCUT2D eigenvalue weighted by molar-refractivity contribution is 0.278. The van der Waals surface area contributed by atoms with Crippen molar-refractivity contribution < 1.29 is 28.4 Å². The fraction of sp³-hybridized carbons (Fsp3) is 0.538. The Morgan fingerprint density at radius 2 is 0.536 bits per heavy atom. The molecule has 6 nitrogen and oxygen atoms in total. The fourth-order valence-electron chi connectivity index (χ4n) is 14.1. The third-order valence-corrected chi connectivity index (χ3v) is 19.2. The lowest BCUT2D eigenvalue weighted by atomic mass is 9.78. The molecule has 4 atom stereocenters. The summed E-state index contributed by atoms with van der Waals surface area (Å²) in [5, 5.41) is 21.2. The van der Waals surface area contributed by atoms with E-state index in [4.69, 9.17) is 28.4 Å². The van der Waals surface area contributed by atoms with Crippen LogP contribution in [0.4, 0.5) is 0 Å². The average molecular weight is 1140 g/mol. The summed E-state index contributed by atoms with van der Waals surface area (Å²) in [7, 11) is 3.57. The molecule has 0 radical (unpaired) electrons. The molecular formula is C78H102O6. The highest BCUT2D eigenvalue weighted by Gasteiger charge is 2.31. The summed E-state index contributed by atoms with van der Waals surface area (Å²) in [6.45, 7) is 30.8. The second kappa shape index (κ2) is 27.2. The molecule has 0 fully saturated rings. The second-order valence-electron chi connectivity index (χ2n) is 27.9. The van der Waals surface area contributed by atoms with Crippen LogP contribution in [0.2, 0.25) is 0 Å². The smallest absolute Gasteiger partial charge is 0.128 e. The van der Waals surface area contributed by atoms with Crippen molar-refractivity contribution in [2.24, 2.45) is 47.3 Å². The zero-order valence-electron chi connectivity index (χ0n) is 54.1. The van der Waals surface area contributed by atoms with Crippen LogP contribution in [0.25, 0.3) is 97.0 Å². The second-order valence-corrected chi connectivity index (χ2v) is 27.9. The van der Waals surface area contributed by atoms with Crippen LogP contribution >= 0.6 is 0 Å². The van der Waals surface area contributed by atoms with Gasteiger partial charge in [-0.2, -0.15) is 0 Å². The van der Waals surface area contributed by atoms with Gasteiger partial charge >= 0.3 is 0 Å². The van der Waals surface area contributed by atoms with Gasteiger partial charge in [0.1, 0.15) is 34.5 Å². The standard InChI is InChI=1S/C78H102O6/c1-47(2)19-15-23-51(9)35-39-81-65-33-31-59-57-29-27-55(79-13)43-61(57)69-68(84-42-38-54(12)26-18-22-50(7)8)46-64-72-66(82-40-36-52(10)24-16-20-48(3)4)34-32-60-58-30-28-56(80-14)44-62(58)70-67(83-41-37-53(11)25-17-21-49(5)6)45-63-71(65)73(59)77(69)76(64)75(63)78(70)74(60)72/h27-34,43-54H,15-26,35-42H2,1-14H3. The molecule has 0 aliphatic carbocycles. The normalized spacial score (nSPS) is 14.1. The van der Waals surface area contributed by atoms with E-state index in [1.54, 1.807) is 14.2 Å². The first-order valence-corrected chi connectivity index (χ1v) is 33.2. The van der Waals surface area contributed by atoms with Gasteiger partial charge in [0.2, 0.25) is 0 Å². The summed E-state index contributed by atoms with van der Waals surface area (Å²) in [6, 6.07) is 27.3. The van der Waals surface area contributed by atoms with E-state index in [9.17, 15) is 0 Å². The van der Waals surface area contributed by atoms with Crippen molar-refractivity contribution in [1.29, 1.82) is 0 Å². The molecule has 0 heterocycles. The highest BCUT2D eigenvalue weighted by atomic mass is 16.5. The van der Waals surface area contributed by atoms with E-state index in [0.29, 0.717) is 73.8 Å². The molecule has 450 valence electrons. The van der Waals surface area contributed by atoms with E-state index in [0.717, 1.165) is 103 Å². The Kier molecular flexibility index (Phi) is 19.8. The molecule has 0 N–H and O–H groups in total. The lowest BCUT2D eigenvalue weighted by Gasteiger charge is -2.28. The van der Waals surface area contributed by atoms with Gasteiger partial charge in [0, 0.05) is 43.1 Å². The Morgan fingerprint density at radius 1 is 0.250 bits per heavy atom. The minimum absolute atomic E-state index is 0.540. The van der Waals surface area contributed by atoms with Gasteiger partial charge in [-0.25, -0.2) is 0 Å². The van der Waals surface area contributed by atoms with Gasteiger partial charge in [-0.05, 0) is 175 Å². The topological polar surface area (TPSA) is 55.4 Å². The minimum atomic E-state index is 0.540. The van der Waals surface area contributed by atoms with Gasteiger partial charge in [0.05, 0.1) is 40.6 Å².